The van der Waals surface area contributed by atoms with Crippen molar-refractivity contribution < 1.29 is 24.6 Å². The van der Waals surface area contributed by atoms with E-state index in [1.165, 1.54) is 17.7 Å². The number of fused-ring (bicyclic) bond motifs is 1. The van der Waals surface area contributed by atoms with Crippen molar-refractivity contribution >= 4 is 56.8 Å². The molecule has 3 aromatic carbocycles. The van der Waals surface area contributed by atoms with Gasteiger partial charge < -0.3 is 20.1 Å². The summed E-state index contributed by atoms with van der Waals surface area (Å²) in [7, 11) is 1.85. The number of amides is 1. The van der Waals surface area contributed by atoms with Crippen molar-refractivity contribution in [2.24, 2.45) is 7.05 Å². The number of hydrogen-bond donors (Lipinski definition) is 3. The lowest BCUT2D eigenvalue weighted by Crippen LogP contribution is -2.14. The summed E-state index contributed by atoms with van der Waals surface area (Å²) in [6.07, 6.45) is 0.457. The van der Waals surface area contributed by atoms with E-state index in [1.54, 1.807) is 0 Å². The molecular weight excluding hydrogens is 595 g/mol. The monoisotopic (exact) mass is 624 g/mol. The fourth-order valence-electron chi connectivity index (χ4n) is 4.49. The molecule has 0 atom stereocenters. The van der Waals surface area contributed by atoms with E-state index in [0.717, 1.165) is 25.8 Å². The van der Waals surface area contributed by atoms with Crippen LogP contribution < -0.4 is 5.32 Å². The third-order valence-electron chi connectivity index (χ3n) is 6.58. The van der Waals surface area contributed by atoms with Gasteiger partial charge in [-0.3, -0.25) is 9.59 Å². The SMILES string of the molecule is CC(C)c1ccc(NC(=O)CCC(=O)Cc2cccc(-c3c(I)c4cc(C(=O)O)c(O)cc4n3C)c2)cc1. The van der Waals surface area contributed by atoms with Crippen LogP contribution in [-0.4, -0.2) is 32.4 Å². The Morgan fingerprint density at radius 1 is 1.00 bits per heavy atom. The van der Waals surface area contributed by atoms with Crippen molar-refractivity contribution in [3.63, 3.8) is 0 Å². The number of hydrogen-bond acceptors (Lipinski definition) is 4. The fourth-order valence-corrected chi connectivity index (χ4v) is 5.60. The highest BCUT2D eigenvalue weighted by Gasteiger charge is 2.20. The van der Waals surface area contributed by atoms with Crippen LogP contribution in [0.25, 0.3) is 22.2 Å². The molecular formula is C30H29IN2O5. The number of phenols is 1. The number of aromatic nitrogens is 1. The van der Waals surface area contributed by atoms with Crippen LogP contribution in [-0.2, 0) is 23.1 Å². The van der Waals surface area contributed by atoms with Gasteiger partial charge in [-0.05, 0) is 69.5 Å². The van der Waals surface area contributed by atoms with Gasteiger partial charge in [0.1, 0.15) is 17.1 Å². The van der Waals surface area contributed by atoms with E-state index in [9.17, 15) is 24.6 Å². The molecule has 4 rings (SSSR count). The van der Waals surface area contributed by atoms with E-state index in [0.29, 0.717) is 17.1 Å². The highest BCUT2D eigenvalue weighted by molar-refractivity contribution is 14.1. The number of ketones is 1. The molecule has 1 amide bonds. The average Bonchev–Trinajstić information content (AvgIpc) is 3.11. The van der Waals surface area contributed by atoms with Crippen molar-refractivity contribution in [3.8, 4) is 17.0 Å². The Morgan fingerprint density at radius 3 is 2.37 bits per heavy atom. The van der Waals surface area contributed by atoms with E-state index >= 15 is 0 Å². The second-order valence-corrected chi connectivity index (χ2v) is 10.7. The summed E-state index contributed by atoms with van der Waals surface area (Å²) < 4.78 is 2.76. The number of aromatic hydroxyl groups is 1. The molecule has 1 heterocycles. The van der Waals surface area contributed by atoms with Crippen LogP contribution >= 0.6 is 22.6 Å². The van der Waals surface area contributed by atoms with E-state index in [2.05, 4.69) is 41.8 Å². The van der Waals surface area contributed by atoms with Crippen LogP contribution in [0.4, 0.5) is 5.69 Å². The number of benzene rings is 3. The summed E-state index contributed by atoms with van der Waals surface area (Å²) in [6, 6.07) is 18.3. The largest absolute Gasteiger partial charge is 0.507 e. The zero-order valence-corrected chi connectivity index (χ0v) is 23.6. The normalized spacial score (nSPS) is 11.2. The Bertz CT molecular complexity index is 1540. The Hall–Kier alpha value is -3.66. The first-order valence-electron chi connectivity index (χ1n) is 12.3. The van der Waals surface area contributed by atoms with Crippen molar-refractivity contribution in [3.05, 3.63) is 80.9 Å². The molecule has 1 aromatic heterocycles. The number of Topliss-reactive ketones (excluding diaryl/α,β-unsaturated/α-hetero) is 1. The molecule has 0 saturated carbocycles. The maximum Gasteiger partial charge on any atom is 0.339 e. The van der Waals surface area contributed by atoms with Crippen LogP contribution in [0.2, 0.25) is 0 Å². The first-order chi connectivity index (χ1) is 18.0. The number of halogens is 1. The maximum atomic E-state index is 12.7. The smallest absolute Gasteiger partial charge is 0.339 e. The Kier molecular flexibility index (Phi) is 8.20. The summed E-state index contributed by atoms with van der Waals surface area (Å²) in [5.74, 6) is -1.29. The van der Waals surface area contributed by atoms with Crippen molar-refractivity contribution in [1.29, 1.82) is 0 Å². The minimum absolute atomic E-state index is 0.0322. The van der Waals surface area contributed by atoms with E-state index in [4.69, 9.17) is 0 Å². The third-order valence-corrected chi connectivity index (χ3v) is 7.67. The lowest BCUT2D eigenvalue weighted by atomic mass is 10.0. The first kappa shape index (κ1) is 27.4. The lowest BCUT2D eigenvalue weighted by Gasteiger charge is -2.09. The number of anilines is 1. The molecule has 0 unspecified atom stereocenters. The minimum atomic E-state index is -1.19. The predicted molar refractivity (Wildman–Crippen MR) is 157 cm³/mol. The second-order valence-electron chi connectivity index (χ2n) is 9.65. The van der Waals surface area contributed by atoms with Gasteiger partial charge in [0, 0.05) is 47.0 Å². The molecule has 0 aliphatic rings. The summed E-state index contributed by atoms with van der Waals surface area (Å²) >= 11 is 2.18. The topological polar surface area (TPSA) is 109 Å². The maximum absolute atomic E-state index is 12.7. The van der Waals surface area contributed by atoms with Crippen LogP contribution in [0.5, 0.6) is 5.75 Å². The molecule has 8 heteroatoms. The van der Waals surface area contributed by atoms with Gasteiger partial charge in [-0.15, -0.1) is 0 Å². The molecule has 0 aliphatic carbocycles. The number of aryl methyl sites for hydroxylation is 1. The number of nitrogens with one attached hydrogen (secondary N) is 1. The Morgan fingerprint density at radius 2 is 1.71 bits per heavy atom. The average molecular weight is 624 g/mol. The number of rotatable bonds is 9. The van der Waals surface area contributed by atoms with Crippen molar-refractivity contribution in [2.75, 3.05) is 5.32 Å². The molecule has 0 spiro atoms. The van der Waals surface area contributed by atoms with Gasteiger partial charge in [-0.25, -0.2) is 4.79 Å². The molecule has 0 aliphatic heterocycles. The lowest BCUT2D eigenvalue weighted by molar-refractivity contribution is -0.122. The van der Waals surface area contributed by atoms with Gasteiger partial charge in [0.25, 0.3) is 0 Å². The Labute approximate surface area is 234 Å². The Balaban J connectivity index is 1.44. The molecule has 0 radical (unpaired) electrons. The molecule has 0 fully saturated rings. The standard InChI is InChI=1S/C30H29IN2O5/c1-17(2)19-7-9-21(10-8-19)32-27(36)12-11-22(34)14-18-5-4-6-20(13-18)29-28(31)23-15-24(30(37)38)26(35)16-25(23)33(29)3/h4-10,13,15-17,35H,11-12,14H2,1-3H3,(H,32,36)(H,37,38). The van der Waals surface area contributed by atoms with Crippen molar-refractivity contribution in [1.82, 2.24) is 4.57 Å². The zero-order chi connectivity index (χ0) is 27.6. The summed E-state index contributed by atoms with van der Waals surface area (Å²) in [6.45, 7) is 4.22. The van der Waals surface area contributed by atoms with Crippen molar-refractivity contribution in [2.45, 2.75) is 39.0 Å². The van der Waals surface area contributed by atoms with Crippen LogP contribution in [0.3, 0.4) is 0 Å². The number of nitrogens with zero attached hydrogens (tertiary/aromatic N) is 1. The summed E-state index contributed by atoms with van der Waals surface area (Å²) in [5.41, 5.74) is 5.03. The van der Waals surface area contributed by atoms with Crippen LogP contribution in [0.1, 0.15) is 54.1 Å². The highest BCUT2D eigenvalue weighted by atomic mass is 127. The second kappa shape index (κ2) is 11.4. The van der Waals surface area contributed by atoms with E-state index in [1.807, 2.05) is 60.1 Å². The number of aromatic carboxylic acids is 1. The molecule has 196 valence electrons. The van der Waals surface area contributed by atoms with Crippen LogP contribution in [0.15, 0.2) is 60.7 Å². The zero-order valence-electron chi connectivity index (χ0n) is 21.4. The van der Waals surface area contributed by atoms with E-state index < -0.39 is 5.97 Å². The van der Waals surface area contributed by atoms with Crippen LogP contribution in [0, 0.1) is 3.57 Å². The molecule has 0 bridgehead atoms. The van der Waals surface area contributed by atoms with Gasteiger partial charge in [-0.1, -0.05) is 44.2 Å². The van der Waals surface area contributed by atoms with Gasteiger partial charge >= 0.3 is 5.97 Å². The fraction of sp³-hybridized carbons (Fsp3) is 0.233. The number of carboxylic acids is 1. The summed E-state index contributed by atoms with van der Waals surface area (Å²) in [4.78, 5) is 36.5. The molecule has 7 nitrogen and oxygen atoms in total. The van der Waals surface area contributed by atoms with E-state index in [-0.39, 0.29) is 42.3 Å². The number of carbonyl (C=O) groups excluding carboxylic acids is 2. The quantitative estimate of drug-likeness (QED) is 0.184. The van der Waals surface area contributed by atoms with Gasteiger partial charge in [-0.2, -0.15) is 0 Å². The highest BCUT2D eigenvalue weighted by Crippen LogP contribution is 2.37. The molecule has 4 aromatic rings. The minimum Gasteiger partial charge on any atom is -0.507 e. The molecule has 0 saturated heterocycles. The molecule has 3 N–H and O–H groups in total. The van der Waals surface area contributed by atoms with Gasteiger partial charge in [0.15, 0.2) is 0 Å². The predicted octanol–water partition coefficient (Wildman–Crippen LogP) is 6.51. The number of carbonyl (C=O) groups is 3. The third kappa shape index (κ3) is 5.91. The number of carboxylic acid groups (broad SMARTS) is 1. The van der Waals surface area contributed by atoms with Gasteiger partial charge in [0.2, 0.25) is 5.91 Å². The van der Waals surface area contributed by atoms with Gasteiger partial charge in [0.05, 0.1) is 11.2 Å². The molecule has 38 heavy (non-hydrogen) atoms. The summed E-state index contributed by atoms with van der Waals surface area (Å²) in [5, 5.41) is 23.1. The first-order valence-corrected chi connectivity index (χ1v) is 13.4.